The van der Waals surface area contributed by atoms with Crippen molar-refractivity contribution in [3.05, 3.63) is 94.0 Å². The minimum atomic E-state index is -0.0774. The Morgan fingerprint density at radius 3 is 2.63 bits per heavy atom. The molecule has 0 unspecified atom stereocenters. The number of hydrogen-bond donors (Lipinski definition) is 1. The SMILES string of the molecule is O=C(NCc1ccccc1Cl)c1cc2sccc2n1CCc1ccccc1. The fourth-order valence-corrected chi connectivity index (χ4v) is 4.22. The van der Waals surface area contributed by atoms with Crippen LogP contribution in [0.1, 0.15) is 21.6 Å². The van der Waals surface area contributed by atoms with Crippen LogP contribution in [0.15, 0.2) is 72.1 Å². The smallest absolute Gasteiger partial charge is 0.268 e. The number of nitrogens with zero attached hydrogens (tertiary/aromatic N) is 1. The number of benzene rings is 2. The third-order valence-electron chi connectivity index (χ3n) is 4.62. The van der Waals surface area contributed by atoms with Crippen molar-refractivity contribution in [1.82, 2.24) is 9.88 Å². The number of hydrogen-bond acceptors (Lipinski definition) is 2. The molecular weight excluding hydrogens is 376 g/mol. The molecule has 1 N–H and O–H groups in total. The molecule has 0 saturated carbocycles. The van der Waals surface area contributed by atoms with Crippen LogP contribution in [0.3, 0.4) is 0 Å². The summed E-state index contributed by atoms with van der Waals surface area (Å²) in [6.45, 7) is 1.18. The number of carbonyl (C=O) groups is 1. The largest absolute Gasteiger partial charge is 0.347 e. The van der Waals surface area contributed by atoms with E-state index in [4.69, 9.17) is 11.6 Å². The van der Waals surface area contributed by atoms with Gasteiger partial charge in [0.25, 0.3) is 5.91 Å². The summed E-state index contributed by atoms with van der Waals surface area (Å²) in [5.41, 5.74) is 3.98. The van der Waals surface area contributed by atoms with Crippen LogP contribution >= 0.6 is 22.9 Å². The lowest BCUT2D eigenvalue weighted by Gasteiger charge is -2.11. The maximum atomic E-state index is 12.9. The van der Waals surface area contributed by atoms with E-state index in [-0.39, 0.29) is 5.91 Å². The minimum Gasteiger partial charge on any atom is -0.347 e. The average Bonchev–Trinajstić information content (AvgIpc) is 3.28. The normalized spacial score (nSPS) is 11.0. The summed E-state index contributed by atoms with van der Waals surface area (Å²) in [5, 5.41) is 5.74. The minimum absolute atomic E-state index is 0.0774. The fraction of sp³-hybridized carbons (Fsp3) is 0.136. The zero-order valence-corrected chi connectivity index (χ0v) is 16.3. The van der Waals surface area contributed by atoms with Crippen molar-refractivity contribution in [1.29, 1.82) is 0 Å². The molecule has 0 radical (unpaired) electrons. The van der Waals surface area contributed by atoms with Gasteiger partial charge in [0.1, 0.15) is 5.69 Å². The van der Waals surface area contributed by atoms with Crippen LogP contribution in [0, 0.1) is 0 Å². The van der Waals surface area contributed by atoms with Gasteiger partial charge in [-0.3, -0.25) is 4.79 Å². The number of amides is 1. The van der Waals surface area contributed by atoms with Gasteiger partial charge in [-0.05, 0) is 41.1 Å². The van der Waals surface area contributed by atoms with E-state index in [9.17, 15) is 4.79 Å². The first-order valence-corrected chi connectivity index (χ1v) is 10.1. The van der Waals surface area contributed by atoms with Gasteiger partial charge in [0.05, 0.1) is 10.2 Å². The Hall–Kier alpha value is -2.56. The van der Waals surface area contributed by atoms with Gasteiger partial charge >= 0.3 is 0 Å². The van der Waals surface area contributed by atoms with Crippen molar-refractivity contribution in [3.8, 4) is 0 Å². The van der Waals surface area contributed by atoms with E-state index in [0.29, 0.717) is 17.3 Å². The number of carbonyl (C=O) groups excluding carboxylic acids is 1. The third-order valence-corrected chi connectivity index (χ3v) is 5.84. The topological polar surface area (TPSA) is 34.0 Å². The first kappa shape index (κ1) is 17.8. The Kier molecular flexibility index (Phi) is 5.28. The van der Waals surface area contributed by atoms with Crippen LogP contribution in [0.4, 0.5) is 0 Å². The maximum Gasteiger partial charge on any atom is 0.268 e. The summed E-state index contributed by atoms with van der Waals surface area (Å²) >= 11 is 7.85. The molecule has 0 aliphatic carbocycles. The number of thiophene rings is 1. The number of rotatable bonds is 6. The van der Waals surface area contributed by atoms with Gasteiger partial charge in [-0.25, -0.2) is 0 Å². The van der Waals surface area contributed by atoms with Crippen LogP contribution in [-0.4, -0.2) is 10.5 Å². The highest BCUT2D eigenvalue weighted by Gasteiger charge is 2.16. The van der Waals surface area contributed by atoms with Gasteiger partial charge in [0.15, 0.2) is 0 Å². The zero-order chi connectivity index (χ0) is 18.6. The molecule has 0 saturated heterocycles. The average molecular weight is 395 g/mol. The van der Waals surface area contributed by atoms with E-state index < -0.39 is 0 Å². The summed E-state index contributed by atoms with van der Waals surface area (Å²) in [6, 6.07) is 22.0. The van der Waals surface area contributed by atoms with Crippen molar-refractivity contribution in [2.24, 2.45) is 0 Å². The van der Waals surface area contributed by atoms with Crippen LogP contribution in [-0.2, 0) is 19.5 Å². The molecule has 3 nitrogen and oxygen atoms in total. The van der Waals surface area contributed by atoms with Crippen LogP contribution < -0.4 is 5.32 Å². The molecule has 0 atom stereocenters. The summed E-state index contributed by atoms with van der Waals surface area (Å²) in [5.74, 6) is -0.0774. The first-order chi connectivity index (χ1) is 13.2. The molecule has 4 rings (SSSR count). The lowest BCUT2D eigenvalue weighted by atomic mass is 10.1. The van der Waals surface area contributed by atoms with Crippen molar-refractivity contribution in [2.75, 3.05) is 0 Å². The molecule has 136 valence electrons. The second kappa shape index (κ2) is 7.99. The van der Waals surface area contributed by atoms with E-state index in [1.54, 1.807) is 11.3 Å². The van der Waals surface area contributed by atoms with Crippen LogP contribution in [0.5, 0.6) is 0 Å². The molecule has 2 heterocycles. The Labute approximate surface area is 167 Å². The zero-order valence-electron chi connectivity index (χ0n) is 14.7. The molecule has 0 spiro atoms. The van der Waals surface area contributed by atoms with Crippen molar-refractivity contribution >= 4 is 39.1 Å². The predicted molar refractivity (Wildman–Crippen MR) is 113 cm³/mol. The second-order valence-electron chi connectivity index (χ2n) is 6.36. The third kappa shape index (κ3) is 3.92. The Morgan fingerprint density at radius 2 is 1.81 bits per heavy atom. The van der Waals surface area contributed by atoms with Crippen molar-refractivity contribution in [3.63, 3.8) is 0 Å². The van der Waals surface area contributed by atoms with Gasteiger partial charge in [0.2, 0.25) is 0 Å². The molecule has 5 heteroatoms. The predicted octanol–water partition coefficient (Wildman–Crippen LogP) is 5.53. The molecule has 27 heavy (non-hydrogen) atoms. The summed E-state index contributed by atoms with van der Waals surface area (Å²) < 4.78 is 3.24. The quantitative estimate of drug-likeness (QED) is 0.458. The number of halogens is 1. The molecule has 2 aromatic heterocycles. The van der Waals surface area contributed by atoms with Gasteiger partial charge in [-0.2, -0.15) is 0 Å². The van der Waals surface area contributed by atoms with Gasteiger partial charge < -0.3 is 9.88 Å². The van der Waals surface area contributed by atoms with Gasteiger partial charge in [-0.1, -0.05) is 60.1 Å². The molecule has 0 aliphatic rings. The van der Waals surface area contributed by atoms with Crippen LogP contribution in [0.25, 0.3) is 10.2 Å². The fourth-order valence-electron chi connectivity index (χ4n) is 3.20. The Morgan fingerprint density at radius 1 is 1.04 bits per heavy atom. The van der Waals surface area contributed by atoms with Crippen molar-refractivity contribution < 1.29 is 4.79 Å². The summed E-state index contributed by atoms with van der Waals surface area (Å²) in [6.07, 6.45) is 0.880. The van der Waals surface area contributed by atoms with E-state index >= 15 is 0 Å². The van der Waals surface area contributed by atoms with E-state index in [1.165, 1.54) is 5.56 Å². The van der Waals surface area contributed by atoms with E-state index in [0.717, 1.165) is 28.7 Å². The number of aryl methyl sites for hydroxylation is 2. The second-order valence-corrected chi connectivity index (χ2v) is 7.72. The van der Waals surface area contributed by atoms with E-state index in [1.807, 2.05) is 48.5 Å². The molecule has 1 amide bonds. The molecule has 0 aliphatic heterocycles. The Bertz CT molecular complexity index is 1070. The highest BCUT2D eigenvalue weighted by Crippen LogP contribution is 2.26. The molecule has 4 aromatic rings. The molecular formula is C22H19ClN2OS. The lowest BCUT2D eigenvalue weighted by Crippen LogP contribution is -2.26. The number of nitrogens with one attached hydrogen (secondary N) is 1. The monoisotopic (exact) mass is 394 g/mol. The molecule has 0 fully saturated rings. The van der Waals surface area contributed by atoms with Crippen LogP contribution in [0.2, 0.25) is 5.02 Å². The highest BCUT2D eigenvalue weighted by molar-refractivity contribution is 7.17. The molecule has 2 aromatic carbocycles. The molecule has 0 bridgehead atoms. The van der Waals surface area contributed by atoms with Crippen molar-refractivity contribution in [2.45, 2.75) is 19.5 Å². The first-order valence-electron chi connectivity index (χ1n) is 8.84. The van der Waals surface area contributed by atoms with Gasteiger partial charge in [-0.15, -0.1) is 11.3 Å². The summed E-state index contributed by atoms with van der Waals surface area (Å²) in [7, 11) is 0. The lowest BCUT2D eigenvalue weighted by molar-refractivity contribution is 0.0942. The maximum absolute atomic E-state index is 12.9. The number of fused-ring (bicyclic) bond motifs is 1. The highest BCUT2D eigenvalue weighted by atomic mass is 35.5. The number of aromatic nitrogens is 1. The standard InChI is InChI=1S/C22H19ClN2OS/c23-18-9-5-4-8-17(18)15-24-22(26)20-14-21-19(11-13-27-21)25(20)12-10-16-6-2-1-3-7-16/h1-9,11,13-14H,10,12,15H2,(H,24,26). The summed E-state index contributed by atoms with van der Waals surface area (Å²) in [4.78, 5) is 12.9. The Balaban J connectivity index is 1.54. The van der Waals surface area contributed by atoms with E-state index in [2.05, 4.69) is 33.5 Å². The van der Waals surface area contributed by atoms with Gasteiger partial charge in [0, 0.05) is 18.1 Å².